The molecular formula is C26H32N2. The zero-order chi connectivity index (χ0) is 19.1. The molecule has 1 heterocycles. The third-order valence-electron chi connectivity index (χ3n) is 9.71. The highest BCUT2D eigenvalue weighted by molar-refractivity contribution is 5.94. The Bertz CT molecular complexity index is 906. The smallest absolute Gasteiger partial charge is 0.0343 e. The molecule has 3 saturated carbocycles. The van der Waals surface area contributed by atoms with Gasteiger partial charge in [0.1, 0.15) is 0 Å². The molecule has 1 aromatic rings. The summed E-state index contributed by atoms with van der Waals surface area (Å²) < 4.78 is 0. The van der Waals surface area contributed by atoms with Crippen LogP contribution in [0.25, 0.3) is 5.57 Å². The summed E-state index contributed by atoms with van der Waals surface area (Å²) in [6, 6.07) is 4.35. The molecule has 28 heavy (non-hydrogen) atoms. The molecule has 0 aromatic carbocycles. The van der Waals surface area contributed by atoms with Gasteiger partial charge in [0.15, 0.2) is 0 Å². The van der Waals surface area contributed by atoms with Crippen LogP contribution in [0.5, 0.6) is 0 Å². The Kier molecular flexibility index (Phi) is 3.35. The molecule has 5 aliphatic carbocycles. The Balaban J connectivity index is 1.40. The van der Waals surface area contributed by atoms with Crippen LogP contribution in [0.2, 0.25) is 0 Å². The van der Waals surface area contributed by atoms with E-state index in [4.69, 9.17) is 5.41 Å². The van der Waals surface area contributed by atoms with E-state index in [9.17, 15) is 0 Å². The molecule has 1 aromatic heterocycles. The molecule has 1 spiro atoms. The summed E-state index contributed by atoms with van der Waals surface area (Å²) in [7, 11) is 0. The van der Waals surface area contributed by atoms with Crippen LogP contribution in [0.4, 0.5) is 0 Å². The van der Waals surface area contributed by atoms with Gasteiger partial charge in [-0.25, -0.2) is 0 Å². The van der Waals surface area contributed by atoms with Gasteiger partial charge in [-0.05, 0) is 109 Å². The quantitative estimate of drug-likeness (QED) is 0.604. The van der Waals surface area contributed by atoms with Gasteiger partial charge < -0.3 is 5.41 Å². The van der Waals surface area contributed by atoms with Crippen molar-refractivity contribution in [2.45, 2.75) is 65.2 Å². The van der Waals surface area contributed by atoms with Crippen LogP contribution in [0, 0.1) is 39.4 Å². The Morgan fingerprint density at radius 3 is 2.68 bits per heavy atom. The van der Waals surface area contributed by atoms with Crippen LogP contribution in [0.3, 0.4) is 0 Å². The zero-order valence-corrected chi connectivity index (χ0v) is 17.3. The van der Waals surface area contributed by atoms with Crippen molar-refractivity contribution in [3.05, 3.63) is 47.8 Å². The van der Waals surface area contributed by atoms with E-state index >= 15 is 0 Å². The SMILES string of the molecule is C[C@]12CCC(=N)C=C1C1(CC1)C[C@@H]1[C@@H]2CC[C@]2(C)C(c3cccnc3)=CC[C@@H]12. The Labute approximate surface area is 169 Å². The largest absolute Gasteiger partial charge is 0.305 e. The first-order chi connectivity index (χ1) is 13.5. The van der Waals surface area contributed by atoms with Gasteiger partial charge in [0, 0.05) is 18.1 Å². The van der Waals surface area contributed by atoms with Crippen LogP contribution in [0.15, 0.2) is 42.3 Å². The highest BCUT2D eigenvalue weighted by atomic mass is 14.7. The Hall–Kier alpha value is -1.70. The predicted octanol–water partition coefficient (Wildman–Crippen LogP) is 6.45. The van der Waals surface area contributed by atoms with Crippen molar-refractivity contribution in [1.82, 2.24) is 4.98 Å². The van der Waals surface area contributed by atoms with Gasteiger partial charge in [-0.3, -0.25) is 4.98 Å². The summed E-state index contributed by atoms with van der Waals surface area (Å²) in [5.41, 5.74) is 6.63. The number of aromatic nitrogens is 1. The second-order valence-corrected chi connectivity index (χ2v) is 10.9. The number of nitrogens with one attached hydrogen (secondary N) is 1. The summed E-state index contributed by atoms with van der Waals surface area (Å²) >= 11 is 0. The van der Waals surface area contributed by atoms with Gasteiger partial charge in [-0.15, -0.1) is 0 Å². The molecule has 146 valence electrons. The monoisotopic (exact) mass is 372 g/mol. The van der Waals surface area contributed by atoms with E-state index in [0.717, 1.165) is 29.9 Å². The number of pyridine rings is 1. The van der Waals surface area contributed by atoms with Gasteiger partial charge in [0.25, 0.3) is 0 Å². The van der Waals surface area contributed by atoms with Gasteiger partial charge in [0.2, 0.25) is 0 Å². The Morgan fingerprint density at radius 1 is 1.07 bits per heavy atom. The summed E-state index contributed by atoms with van der Waals surface area (Å²) in [6.45, 7) is 5.14. The molecule has 5 aliphatic rings. The maximum absolute atomic E-state index is 8.31. The van der Waals surface area contributed by atoms with Crippen molar-refractivity contribution in [2.75, 3.05) is 0 Å². The molecule has 3 fully saturated rings. The molecule has 2 heteroatoms. The highest BCUT2D eigenvalue weighted by Gasteiger charge is 2.65. The lowest BCUT2D eigenvalue weighted by Crippen LogP contribution is -2.52. The first-order valence-corrected chi connectivity index (χ1v) is 11.4. The molecule has 0 saturated heterocycles. The van der Waals surface area contributed by atoms with E-state index in [2.05, 4.69) is 49.3 Å². The molecule has 0 aliphatic heterocycles. The molecule has 1 N–H and O–H groups in total. The van der Waals surface area contributed by atoms with Crippen molar-refractivity contribution in [3.8, 4) is 0 Å². The van der Waals surface area contributed by atoms with Crippen LogP contribution in [0.1, 0.15) is 70.8 Å². The van der Waals surface area contributed by atoms with Gasteiger partial charge in [0.05, 0.1) is 0 Å². The van der Waals surface area contributed by atoms with E-state index < -0.39 is 0 Å². The summed E-state index contributed by atoms with van der Waals surface area (Å²) in [5.74, 6) is 2.46. The molecule has 0 radical (unpaired) electrons. The lowest BCUT2D eigenvalue weighted by atomic mass is 9.44. The average Bonchev–Trinajstić information content (AvgIpc) is 3.37. The molecular weight excluding hydrogens is 340 g/mol. The van der Waals surface area contributed by atoms with Crippen molar-refractivity contribution >= 4 is 11.3 Å². The number of allylic oxidation sites excluding steroid dienone is 4. The molecule has 5 atom stereocenters. The topological polar surface area (TPSA) is 36.7 Å². The third-order valence-corrected chi connectivity index (χ3v) is 9.71. The van der Waals surface area contributed by atoms with E-state index in [1.807, 2.05) is 6.20 Å². The van der Waals surface area contributed by atoms with Crippen molar-refractivity contribution in [1.29, 1.82) is 5.41 Å². The summed E-state index contributed by atoms with van der Waals surface area (Å²) in [6.07, 6.45) is 19.1. The predicted molar refractivity (Wildman–Crippen MR) is 114 cm³/mol. The second kappa shape index (κ2) is 5.46. The zero-order valence-electron chi connectivity index (χ0n) is 17.3. The van der Waals surface area contributed by atoms with E-state index in [1.54, 1.807) is 11.1 Å². The van der Waals surface area contributed by atoms with Crippen molar-refractivity contribution in [3.63, 3.8) is 0 Å². The maximum atomic E-state index is 8.31. The first kappa shape index (κ1) is 17.2. The van der Waals surface area contributed by atoms with Crippen LogP contribution in [-0.2, 0) is 0 Å². The van der Waals surface area contributed by atoms with Crippen molar-refractivity contribution in [2.24, 2.45) is 34.0 Å². The lowest BCUT2D eigenvalue weighted by Gasteiger charge is -2.60. The van der Waals surface area contributed by atoms with Gasteiger partial charge in [-0.1, -0.05) is 31.6 Å². The van der Waals surface area contributed by atoms with Crippen molar-refractivity contribution < 1.29 is 0 Å². The van der Waals surface area contributed by atoms with E-state index in [-0.39, 0.29) is 0 Å². The minimum atomic E-state index is 0.319. The molecule has 6 rings (SSSR count). The summed E-state index contributed by atoms with van der Waals surface area (Å²) in [4.78, 5) is 4.42. The fourth-order valence-corrected chi connectivity index (χ4v) is 8.17. The third kappa shape index (κ3) is 2.10. The fraction of sp³-hybridized carbons (Fsp3) is 0.615. The maximum Gasteiger partial charge on any atom is 0.0343 e. The minimum Gasteiger partial charge on any atom is -0.305 e. The molecule has 2 nitrogen and oxygen atoms in total. The average molecular weight is 373 g/mol. The van der Waals surface area contributed by atoms with Crippen LogP contribution < -0.4 is 0 Å². The highest BCUT2D eigenvalue weighted by Crippen LogP contribution is 2.74. The minimum absolute atomic E-state index is 0.319. The number of nitrogens with zero attached hydrogens (tertiary/aromatic N) is 1. The number of hydrogen-bond donors (Lipinski definition) is 1. The second-order valence-electron chi connectivity index (χ2n) is 10.9. The normalized spacial score (nSPS) is 42.9. The van der Waals surface area contributed by atoms with Crippen LogP contribution >= 0.6 is 0 Å². The lowest BCUT2D eigenvalue weighted by molar-refractivity contribution is -0.0389. The fourth-order valence-electron chi connectivity index (χ4n) is 8.17. The number of hydrogen-bond acceptors (Lipinski definition) is 2. The molecule has 0 bridgehead atoms. The van der Waals surface area contributed by atoms with Crippen LogP contribution in [-0.4, -0.2) is 10.7 Å². The number of fused-ring (bicyclic) bond motifs is 6. The van der Waals surface area contributed by atoms with E-state index in [0.29, 0.717) is 16.2 Å². The Morgan fingerprint density at radius 2 is 1.93 bits per heavy atom. The van der Waals surface area contributed by atoms with Gasteiger partial charge >= 0.3 is 0 Å². The van der Waals surface area contributed by atoms with Gasteiger partial charge in [-0.2, -0.15) is 0 Å². The molecule has 0 unspecified atom stereocenters. The standard InChI is InChI=1S/C26H32N2/c1-24-10-8-22-19(21(24)6-5-20(24)17-4-3-13-28-16-17)15-26(11-12-26)23-14-18(27)7-9-25(22,23)2/h3-5,13-14,16,19,21-22,27H,6-12,15H2,1-2H3/t19-,21-,22-,24+,25+/m0/s1. The molecule has 0 amide bonds. The number of rotatable bonds is 1. The summed E-state index contributed by atoms with van der Waals surface area (Å²) in [5, 5.41) is 8.31. The first-order valence-electron chi connectivity index (χ1n) is 11.4. The van der Waals surface area contributed by atoms with E-state index in [1.165, 1.54) is 50.5 Å².